The number of carbonyl (C=O) groups is 2. The van der Waals surface area contributed by atoms with Gasteiger partial charge < -0.3 is 45.5 Å². The topological polar surface area (TPSA) is 112 Å². The lowest BCUT2D eigenvalue weighted by Gasteiger charge is -2.32. The molecule has 9 nitrogen and oxygen atoms in total. The van der Waals surface area contributed by atoms with Gasteiger partial charge in [-0.3, -0.25) is 9.59 Å². The monoisotopic (exact) mass is 657 g/mol. The fourth-order valence-electron chi connectivity index (χ4n) is 4.14. The van der Waals surface area contributed by atoms with Crippen molar-refractivity contribution >= 4 is 41.7 Å². The van der Waals surface area contributed by atoms with Crippen LogP contribution in [-0.4, -0.2) is 93.5 Å². The number of aliphatic hydroxyl groups is 2. The SMILES string of the molecule is C[N+](C)(C)CCOP(=S)([S-])OCC(COC(=O)CCCCCCCCCCO)OC(=O)CCCCCCCCCCO. The molecule has 0 radical (unpaired) electrons. The summed E-state index contributed by atoms with van der Waals surface area (Å²) < 4.78 is 23.1. The summed E-state index contributed by atoms with van der Waals surface area (Å²) in [7, 11) is 6.13. The Morgan fingerprint density at radius 3 is 1.57 bits per heavy atom. The van der Waals surface area contributed by atoms with Crippen molar-refractivity contribution in [3.8, 4) is 0 Å². The smallest absolute Gasteiger partial charge is 0.306 e. The number of hydrogen-bond donors (Lipinski definition) is 2. The van der Waals surface area contributed by atoms with Crippen LogP contribution in [0.25, 0.3) is 0 Å². The molecule has 0 fully saturated rings. The molecule has 0 rings (SSSR count). The Kier molecular flexibility index (Phi) is 26.9. The van der Waals surface area contributed by atoms with E-state index in [9.17, 15) is 9.59 Å². The second-order valence-corrected chi connectivity index (χ2v) is 17.0. The summed E-state index contributed by atoms with van der Waals surface area (Å²) in [4.78, 5) is 24.9. The molecule has 2 N–H and O–H groups in total. The maximum atomic E-state index is 12.5. The third-order valence-corrected chi connectivity index (χ3v) is 8.97. The van der Waals surface area contributed by atoms with E-state index in [4.69, 9.17) is 52.8 Å². The number of quaternary nitrogens is 1. The first-order valence-corrected chi connectivity index (χ1v) is 19.6. The molecule has 2 unspecified atom stereocenters. The zero-order chi connectivity index (χ0) is 31.5. The number of likely N-dealkylation sites (N-methyl/N-ethyl adjacent to an activating group) is 1. The van der Waals surface area contributed by atoms with Crippen LogP contribution >= 0.6 is 5.69 Å². The normalized spacial score (nSPS) is 14.0. The Balaban J connectivity index is 4.51. The summed E-state index contributed by atoms with van der Waals surface area (Å²) in [6, 6.07) is 0. The van der Waals surface area contributed by atoms with E-state index in [2.05, 4.69) is 0 Å². The minimum atomic E-state index is -2.96. The lowest BCUT2D eigenvalue weighted by Crippen LogP contribution is -2.37. The number of ether oxygens (including phenoxy) is 2. The third-order valence-electron chi connectivity index (χ3n) is 6.74. The standard InChI is InChI=1S/C30H60NO8PS2/c1-31(2,3)22-25-37-40(41,42)38-27-28(39-30(35)21-17-13-9-5-7-11-15-19-24-33)26-36-29(34)20-16-12-8-4-6-10-14-18-23-32/h28,32-33H,4-27H2,1-3H3. The Morgan fingerprint density at radius 2 is 1.12 bits per heavy atom. The maximum absolute atomic E-state index is 12.5. The van der Waals surface area contributed by atoms with Crippen molar-refractivity contribution in [2.45, 2.75) is 122 Å². The molecular weight excluding hydrogens is 597 g/mol. The number of unbranched alkanes of at least 4 members (excludes halogenated alkanes) is 14. The lowest BCUT2D eigenvalue weighted by molar-refractivity contribution is -0.870. The van der Waals surface area contributed by atoms with Crippen molar-refractivity contribution in [1.82, 2.24) is 0 Å². The second-order valence-electron chi connectivity index (χ2n) is 12.0. The third kappa shape index (κ3) is 29.8. The molecule has 250 valence electrons. The minimum Gasteiger partial charge on any atom is -0.691 e. The molecule has 0 spiro atoms. The lowest BCUT2D eigenvalue weighted by atomic mass is 10.1. The van der Waals surface area contributed by atoms with Crippen LogP contribution in [0, 0.1) is 0 Å². The van der Waals surface area contributed by atoms with E-state index in [1.165, 1.54) is 0 Å². The molecule has 0 saturated carbocycles. The molecular formula is C30H60NO8PS2. The second kappa shape index (κ2) is 27.1. The summed E-state index contributed by atoms with van der Waals surface area (Å²) >= 11 is 10.7. The Morgan fingerprint density at radius 1 is 0.690 bits per heavy atom. The molecule has 0 aromatic rings. The van der Waals surface area contributed by atoms with Crippen LogP contribution in [-0.2, 0) is 52.2 Å². The van der Waals surface area contributed by atoms with E-state index in [-0.39, 0.29) is 44.8 Å². The summed E-state index contributed by atoms with van der Waals surface area (Å²) in [6.45, 7) is 1.43. The minimum absolute atomic E-state index is 0.0751. The van der Waals surface area contributed by atoms with E-state index in [1.807, 2.05) is 21.1 Å². The zero-order valence-corrected chi connectivity index (χ0v) is 29.1. The molecule has 0 aliphatic heterocycles. The number of esters is 2. The molecule has 0 aliphatic carbocycles. The first-order chi connectivity index (χ1) is 20.0. The van der Waals surface area contributed by atoms with Crippen molar-refractivity contribution in [3.05, 3.63) is 0 Å². The van der Waals surface area contributed by atoms with Crippen LogP contribution in [0.5, 0.6) is 0 Å². The predicted octanol–water partition coefficient (Wildman–Crippen LogP) is 5.96. The maximum Gasteiger partial charge on any atom is 0.306 e. The fourth-order valence-corrected chi connectivity index (χ4v) is 5.68. The first kappa shape index (κ1) is 41.7. The van der Waals surface area contributed by atoms with E-state index >= 15 is 0 Å². The number of carbonyl (C=O) groups excluding carboxylic acids is 2. The quantitative estimate of drug-likeness (QED) is 0.0316. The molecule has 0 amide bonds. The largest absolute Gasteiger partial charge is 0.691 e. The van der Waals surface area contributed by atoms with Gasteiger partial charge in [0.2, 0.25) is 0 Å². The van der Waals surface area contributed by atoms with Crippen molar-refractivity contribution < 1.29 is 42.8 Å². The molecule has 0 saturated heterocycles. The van der Waals surface area contributed by atoms with Gasteiger partial charge in [-0.05, 0) is 25.7 Å². The van der Waals surface area contributed by atoms with Gasteiger partial charge in [-0.25, -0.2) is 0 Å². The number of rotatable bonds is 30. The highest BCUT2D eigenvalue weighted by molar-refractivity contribution is 8.51. The summed E-state index contributed by atoms with van der Waals surface area (Å²) in [5.41, 5.74) is -2.96. The van der Waals surface area contributed by atoms with Gasteiger partial charge in [0.05, 0.1) is 33.4 Å². The van der Waals surface area contributed by atoms with Gasteiger partial charge in [-0.2, -0.15) is 0 Å². The highest BCUT2D eigenvalue weighted by atomic mass is 32.9. The van der Waals surface area contributed by atoms with Crippen LogP contribution in [0.1, 0.15) is 116 Å². The van der Waals surface area contributed by atoms with Crippen LogP contribution in [0.15, 0.2) is 0 Å². The van der Waals surface area contributed by atoms with Crippen molar-refractivity contribution in [2.24, 2.45) is 0 Å². The van der Waals surface area contributed by atoms with Gasteiger partial charge in [-0.15, -0.1) is 0 Å². The van der Waals surface area contributed by atoms with E-state index in [0.717, 1.165) is 109 Å². The van der Waals surface area contributed by atoms with Crippen molar-refractivity contribution in [1.29, 1.82) is 0 Å². The van der Waals surface area contributed by atoms with Crippen LogP contribution in [0.2, 0.25) is 0 Å². The molecule has 0 heterocycles. The fraction of sp³-hybridized carbons (Fsp3) is 0.933. The average Bonchev–Trinajstić information content (AvgIpc) is 2.92. The average molecular weight is 658 g/mol. The predicted molar refractivity (Wildman–Crippen MR) is 175 cm³/mol. The van der Waals surface area contributed by atoms with Gasteiger partial charge in [0.25, 0.3) is 0 Å². The van der Waals surface area contributed by atoms with Gasteiger partial charge in [0, 0.05) is 26.1 Å². The molecule has 0 aliphatic rings. The van der Waals surface area contributed by atoms with Gasteiger partial charge in [-0.1, -0.05) is 88.9 Å². The number of nitrogens with zero attached hydrogens (tertiary/aromatic N) is 1. The van der Waals surface area contributed by atoms with Crippen LogP contribution in [0.3, 0.4) is 0 Å². The van der Waals surface area contributed by atoms with Gasteiger partial charge in [0.15, 0.2) is 6.10 Å². The van der Waals surface area contributed by atoms with E-state index in [0.29, 0.717) is 17.5 Å². The molecule has 2 atom stereocenters. The van der Waals surface area contributed by atoms with Crippen LogP contribution < -0.4 is 0 Å². The summed E-state index contributed by atoms with van der Waals surface area (Å²) in [5.74, 6) is -0.680. The molecule has 0 aromatic carbocycles. The zero-order valence-electron chi connectivity index (χ0n) is 26.6. The highest BCUT2D eigenvalue weighted by Crippen LogP contribution is 2.46. The molecule has 12 heteroatoms. The highest BCUT2D eigenvalue weighted by Gasteiger charge is 2.19. The summed E-state index contributed by atoms with van der Waals surface area (Å²) in [5, 5.41) is 17.7. The summed E-state index contributed by atoms with van der Waals surface area (Å²) in [6.07, 6.45) is 16.0. The Hall–Kier alpha value is -0.260. The van der Waals surface area contributed by atoms with Gasteiger partial charge >= 0.3 is 11.9 Å². The van der Waals surface area contributed by atoms with Crippen LogP contribution in [0.4, 0.5) is 0 Å². The molecule has 0 bridgehead atoms. The Labute approximate surface area is 266 Å². The molecule has 42 heavy (non-hydrogen) atoms. The first-order valence-electron chi connectivity index (χ1n) is 16.0. The number of aliphatic hydroxyl groups excluding tert-OH is 2. The molecule has 0 aromatic heterocycles. The Bertz CT molecular complexity index is 724. The van der Waals surface area contributed by atoms with E-state index < -0.39 is 11.8 Å². The van der Waals surface area contributed by atoms with Crippen molar-refractivity contribution in [3.63, 3.8) is 0 Å². The van der Waals surface area contributed by atoms with Crippen molar-refractivity contribution in [2.75, 3.05) is 60.7 Å². The van der Waals surface area contributed by atoms with Gasteiger partial charge in [0.1, 0.15) is 19.8 Å². The number of hydrogen-bond acceptors (Lipinski definition) is 10. The van der Waals surface area contributed by atoms with E-state index in [1.54, 1.807) is 0 Å².